The fourth-order valence-electron chi connectivity index (χ4n) is 1.99. The summed E-state index contributed by atoms with van der Waals surface area (Å²) < 4.78 is 11.0. The van der Waals surface area contributed by atoms with Gasteiger partial charge in [-0.05, 0) is 30.4 Å². The highest BCUT2D eigenvalue weighted by molar-refractivity contribution is 5.20. The van der Waals surface area contributed by atoms with Crippen LogP contribution in [0.25, 0.3) is 0 Å². The highest BCUT2D eigenvalue weighted by Gasteiger charge is 2.03. The lowest BCUT2D eigenvalue weighted by molar-refractivity contribution is 0.00962. The molecule has 0 fully saturated rings. The number of ether oxygens (including phenoxy) is 2. The summed E-state index contributed by atoms with van der Waals surface area (Å²) in [5.74, 6) is 2.44. The van der Waals surface area contributed by atoms with Crippen molar-refractivity contribution in [1.29, 1.82) is 0 Å². The normalized spacial score (nSPS) is 12.6. The largest absolute Gasteiger partial charge is 0.468 e. The average molecular weight is 264 g/mol. The lowest BCUT2D eigenvalue weighted by atomic mass is 9.98. The van der Waals surface area contributed by atoms with Gasteiger partial charge in [-0.25, -0.2) is 0 Å². The van der Waals surface area contributed by atoms with Crippen LogP contribution in [0.2, 0.25) is 0 Å². The molecule has 0 spiro atoms. The quantitative estimate of drug-likeness (QED) is 0.442. The molecule has 0 bridgehead atoms. The Morgan fingerprint density at radius 3 is 2.37 bits per heavy atom. The van der Waals surface area contributed by atoms with Gasteiger partial charge in [-0.2, -0.15) is 0 Å². The standard InChI is InChI=1S/C17H28O2/c1-15(2)8-7-9-16(3)12-13-18-14-19-17-10-5-4-6-11-17/h4-6,10-11,15-16H,7-9,12-14H2,1-3H3. The predicted octanol–water partition coefficient (Wildman–Crippen LogP) is 4.89. The van der Waals surface area contributed by atoms with E-state index in [0.717, 1.165) is 30.6 Å². The van der Waals surface area contributed by atoms with Gasteiger partial charge >= 0.3 is 0 Å². The fraction of sp³-hybridized carbons (Fsp3) is 0.647. The van der Waals surface area contributed by atoms with E-state index in [1.165, 1.54) is 19.3 Å². The van der Waals surface area contributed by atoms with Crippen molar-refractivity contribution in [3.63, 3.8) is 0 Å². The molecule has 0 saturated carbocycles. The van der Waals surface area contributed by atoms with Gasteiger partial charge in [-0.15, -0.1) is 0 Å². The first-order valence-corrected chi connectivity index (χ1v) is 7.44. The molecule has 19 heavy (non-hydrogen) atoms. The number of para-hydroxylation sites is 1. The lowest BCUT2D eigenvalue weighted by Crippen LogP contribution is -2.07. The zero-order valence-electron chi connectivity index (χ0n) is 12.6. The first-order chi connectivity index (χ1) is 9.18. The molecule has 0 aromatic heterocycles. The Balaban J connectivity index is 1.95. The van der Waals surface area contributed by atoms with Crippen LogP contribution in [0.4, 0.5) is 0 Å². The summed E-state index contributed by atoms with van der Waals surface area (Å²) in [6.07, 6.45) is 5.10. The maximum Gasteiger partial charge on any atom is 0.189 e. The van der Waals surface area contributed by atoms with Crippen LogP contribution < -0.4 is 4.74 Å². The molecular weight excluding hydrogens is 236 g/mol. The monoisotopic (exact) mass is 264 g/mol. The first kappa shape index (κ1) is 16.0. The summed E-state index contributed by atoms with van der Waals surface area (Å²) in [5.41, 5.74) is 0. The molecule has 108 valence electrons. The summed E-state index contributed by atoms with van der Waals surface area (Å²) in [6.45, 7) is 8.02. The molecule has 1 atom stereocenters. The van der Waals surface area contributed by atoms with Crippen molar-refractivity contribution < 1.29 is 9.47 Å². The molecule has 0 amide bonds. The van der Waals surface area contributed by atoms with Gasteiger partial charge in [-0.1, -0.05) is 58.2 Å². The number of benzene rings is 1. The topological polar surface area (TPSA) is 18.5 Å². The van der Waals surface area contributed by atoms with E-state index in [1.807, 2.05) is 30.3 Å². The fourth-order valence-corrected chi connectivity index (χ4v) is 1.99. The molecule has 0 aliphatic rings. The summed E-state index contributed by atoms with van der Waals surface area (Å²) >= 11 is 0. The van der Waals surface area contributed by atoms with Crippen LogP contribution in [0.5, 0.6) is 5.75 Å². The first-order valence-electron chi connectivity index (χ1n) is 7.44. The molecule has 0 saturated heterocycles. The van der Waals surface area contributed by atoms with Gasteiger partial charge in [0.1, 0.15) is 5.75 Å². The molecule has 1 unspecified atom stereocenters. The van der Waals surface area contributed by atoms with Crippen molar-refractivity contribution in [3.8, 4) is 5.75 Å². The maximum atomic E-state index is 5.51. The van der Waals surface area contributed by atoms with Crippen LogP contribution in [0, 0.1) is 11.8 Å². The van der Waals surface area contributed by atoms with Crippen LogP contribution in [-0.4, -0.2) is 13.4 Å². The van der Waals surface area contributed by atoms with Crippen LogP contribution in [-0.2, 0) is 4.74 Å². The molecule has 0 aliphatic heterocycles. The van der Waals surface area contributed by atoms with Gasteiger partial charge in [-0.3, -0.25) is 0 Å². The smallest absolute Gasteiger partial charge is 0.189 e. The molecule has 0 aliphatic carbocycles. The Labute approximate surface area is 118 Å². The van der Waals surface area contributed by atoms with E-state index in [1.54, 1.807) is 0 Å². The van der Waals surface area contributed by atoms with Crippen molar-refractivity contribution in [1.82, 2.24) is 0 Å². The minimum absolute atomic E-state index is 0.350. The zero-order chi connectivity index (χ0) is 13.9. The van der Waals surface area contributed by atoms with Crippen LogP contribution in [0.3, 0.4) is 0 Å². The molecule has 0 heterocycles. The third-order valence-corrected chi connectivity index (χ3v) is 3.29. The summed E-state index contributed by atoms with van der Waals surface area (Å²) in [5, 5.41) is 0. The van der Waals surface area contributed by atoms with E-state index < -0.39 is 0 Å². The highest BCUT2D eigenvalue weighted by atomic mass is 16.7. The number of hydrogen-bond donors (Lipinski definition) is 0. The Bertz CT molecular complexity index is 308. The minimum Gasteiger partial charge on any atom is -0.468 e. The van der Waals surface area contributed by atoms with Crippen molar-refractivity contribution in [2.24, 2.45) is 11.8 Å². The van der Waals surface area contributed by atoms with Crippen molar-refractivity contribution in [2.45, 2.75) is 46.5 Å². The second kappa shape index (κ2) is 9.85. The molecule has 0 N–H and O–H groups in total. The molecule has 1 aromatic carbocycles. The SMILES string of the molecule is CC(C)CCCC(C)CCOCOc1ccccc1. The molecule has 1 aromatic rings. The average Bonchev–Trinajstić information content (AvgIpc) is 2.39. The van der Waals surface area contributed by atoms with Gasteiger partial charge in [0, 0.05) is 0 Å². The summed E-state index contributed by atoms with van der Waals surface area (Å²) in [4.78, 5) is 0. The van der Waals surface area contributed by atoms with E-state index >= 15 is 0 Å². The van der Waals surface area contributed by atoms with Gasteiger partial charge in [0.2, 0.25) is 0 Å². The number of hydrogen-bond acceptors (Lipinski definition) is 2. The van der Waals surface area contributed by atoms with Crippen LogP contribution in [0.15, 0.2) is 30.3 Å². The van der Waals surface area contributed by atoms with E-state index in [-0.39, 0.29) is 0 Å². The van der Waals surface area contributed by atoms with Gasteiger partial charge in [0.25, 0.3) is 0 Å². The van der Waals surface area contributed by atoms with E-state index in [0.29, 0.717) is 6.79 Å². The second-order valence-corrected chi connectivity index (χ2v) is 5.70. The highest BCUT2D eigenvalue weighted by Crippen LogP contribution is 2.15. The molecule has 1 rings (SSSR count). The van der Waals surface area contributed by atoms with Gasteiger partial charge in [0.05, 0.1) is 6.61 Å². The molecular formula is C17H28O2. The van der Waals surface area contributed by atoms with E-state index in [2.05, 4.69) is 20.8 Å². The maximum absolute atomic E-state index is 5.51. The van der Waals surface area contributed by atoms with Crippen molar-refractivity contribution >= 4 is 0 Å². The zero-order valence-corrected chi connectivity index (χ0v) is 12.6. The minimum atomic E-state index is 0.350. The van der Waals surface area contributed by atoms with E-state index in [4.69, 9.17) is 9.47 Å². The second-order valence-electron chi connectivity index (χ2n) is 5.70. The molecule has 2 nitrogen and oxygen atoms in total. The number of rotatable bonds is 10. The molecule has 0 radical (unpaired) electrons. The third kappa shape index (κ3) is 8.66. The Hall–Kier alpha value is -1.02. The summed E-state index contributed by atoms with van der Waals surface area (Å²) in [6, 6.07) is 9.79. The van der Waals surface area contributed by atoms with Crippen LogP contribution >= 0.6 is 0 Å². The Morgan fingerprint density at radius 2 is 1.68 bits per heavy atom. The van der Waals surface area contributed by atoms with E-state index in [9.17, 15) is 0 Å². The van der Waals surface area contributed by atoms with Gasteiger partial charge < -0.3 is 9.47 Å². The van der Waals surface area contributed by atoms with Crippen molar-refractivity contribution in [3.05, 3.63) is 30.3 Å². The lowest BCUT2D eigenvalue weighted by Gasteiger charge is -2.12. The van der Waals surface area contributed by atoms with Crippen LogP contribution in [0.1, 0.15) is 46.5 Å². The predicted molar refractivity (Wildman–Crippen MR) is 80.4 cm³/mol. The van der Waals surface area contributed by atoms with Gasteiger partial charge in [0.15, 0.2) is 6.79 Å². The molecule has 2 heteroatoms. The summed E-state index contributed by atoms with van der Waals surface area (Å²) in [7, 11) is 0. The third-order valence-electron chi connectivity index (χ3n) is 3.29. The Morgan fingerprint density at radius 1 is 0.947 bits per heavy atom. The Kier molecular flexibility index (Phi) is 8.31. The van der Waals surface area contributed by atoms with Crippen molar-refractivity contribution in [2.75, 3.05) is 13.4 Å².